The number of aliphatic carboxylic acids is 1. The van der Waals surface area contributed by atoms with Crippen LogP contribution in [0.2, 0.25) is 5.02 Å². The van der Waals surface area contributed by atoms with Crippen molar-refractivity contribution in [2.45, 2.75) is 83.8 Å². The first-order valence-electron chi connectivity index (χ1n) is 19.7. The molecule has 2 aromatic carbocycles. The minimum absolute atomic E-state index is 0.102. The molecule has 4 heterocycles. The number of hydrogen-bond donors (Lipinski definition) is 4. The average Bonchev–Trinajstić information content (AvgIpc) is 3.98. The van der Waals surface area contributed by atoms with Gasteiger partial charge in [-0.3, -0.25) is 24.3 Å². The molecule has 12 nitrogen and oxygen atoms in total. The zero-order chi connectivity index (χ0) is 39.2. The van der Waals surface area contributed by atoms with Gasteiger partial charge in [0.05, 0.1) is 28.9 Å². The van der Waals surface area contributed by atoms with Crippen molar-refractivity contribution in [3.8, 4) is 28.1 Å². The van der Waals surface area contributed by atoms with Gasteiger partial charge in [-0.05, 0) is 93.2 Å². The van der Waals surface area contributed by atoms with E-state index in [2.05, 4.69) is 25.8 Å². The summed E-state index contributed by atoms with van der Waals surface area (Å²) in [6, 6.07) is 13.8. The zero-order valence-corrected chi connectivity index (χ0v) is 33.1. The number of benzene rings is 2. The number of fused-ring (bicyclic) bond motifs is 3. The van der Waals surface area contributed by atoms with E-state index in [1.165, 1.54) is 0 Å². The van der Waals surface area contributed by atoms with Crippen molar-refractivity contribution >= 4 is 35.1 Å². The molecule has 0 spiro atoms. The minimum Gasteiger partial charge on any atom is -0.496 e. The molecule has 4 aliphatic rings. The molecular formula is C43H50ClN7O5. The zero-order valence-electron chi connectivity index (χ0n) is 32.3. The molecule has 2 saturated carbocycles. The molecule has 8 rings (SSSR count). The fourth-order valence-electron chi connectivity index (χ4n) is 9.67. The Labute approximate surface area is 332 Å². The van der Waals surface area contributed by atoms with Crippen molar-refractivity contribution in [2.24, 2.45) is 17.9 Å². The van der Waals surface area contributed by atoms with E-state index >= 15 is 0 Å². The van der Waals surface area contributed by atoms with E-state index in [1.54, 1.807) is 13.3 Å². The number of halogens is 1. The van der Waals surface area contributed by atoms with Gasteiger partial charge in [-0.1, -0.05) is 35.9 Å². The smallest absolute Gasteiger partial charge is 0.309 e. The highest BCUT2D eigenvalue weighted by molar-refractivity contribution is 6.35. The van der Waals surface area contributed by atoms with Crippen LogP contribution in [-0.4, -0.2) is 75.1 Å². The topological polar surface area (TPSA) is 151 Å². The Kier molecular flexibility index (Phi) is 10.4. The summed E-state index contributed by atoms with van der Waals surface area (Å²) in [6.45, 7) is 5.74. The third kappa shape index (κ3) is 7.18. The summed E-state index contributed by atoms with van der Waals surface area (Å²) in [4.78, 5) is 49.2. The fourth-order valence-corrected chi connectivity index (χ4v) is 10.00. The van der Waals surface area contributed by atoms with E-state index in [4.69, 9.17) is 21.3 Å². The highest BCUT2D eigenvalue weighted by Crippen LogP contribution is 2.63. The van der Waals surface area contributed by atoms with Crippen molar-refractivity contribution in [3.05, 3.63) is 82.0 Å². The number of aromatic nitrogens is 3. The number of methoxy groups -OCH3 is 1. The molecule has 1 atom stereocenters. The monoisotopic (exact) mass is 779 g/mol. The maximum absolute atomic E-state index is 13.8. The first-order chi connectivity index (χ1) is 27.0. The van der Waals surface area contributed by atoms with Crippen LogP contribution in [0.3, 0.4) is 0 Å². The van der Waals surface area contributed by atoms with Crippen LogP contribution in [0.25, 0.3) is 22.4 Å². The Morgan fingerprint density at radius 3 is 2.66 bits per heavy atom. The predicted molar refractivity (Wildman–Crippen MR) is 215 cm³/mol. The van der Waals surface area contributed by atoms with Crippen LogP contribution in [0.4, 0.5) is 5.69 Å². The molecule has 2 aliphatic heterocycles. The van der Waals surface area contributed by atoms with Crippen LogP contribution in [0.1, 0.15) is 84.5 Å². The van der Waals surface area contributed by atoms with Crippen molar-refractivity contribution in [2.75, 3.05) is 32.1 Å². The highest BCUT2D eigenvalue weighted by atomic mass is 35.5. The molecule has 2 aliphatic carbocycles. The Morgan fingerprint density at radius 2 is 1.93 bits per heavy atom. The number of ether oxygens (including phenoxy) is 1. The molecule has 2 amide bonds. The molecule has 4 aromatic rings. The van der Waals surface area contributed by atoms with Crippen molar-refractivity contribution in [1.29, 1.82) is 0 Å². The largest absolute Gasteiger partial charge is 0.496 e. The molecule has 13 heteroatoms. The van der Waals surface area contributed by atoms with Crippen LogP contribution < -0.4 is 20.7 Å². The fraction of sp³-hybridized carbons (Fsp3) is 0.465. The van der Waals surface area contributed by atoms with Gasteiger partial charge in [0.25, 0.3) is 5.91 Å². The van der Waals surface area contributed by atoms with Crippen LogP contribution in [0.15, 0.2) is 48.7 Å². The lowest BCUT2D eigenvalue weighted by Crippen LogP contribution is -2.35. The van der Waals surface area contributed by atoms with Gasteiger partial charge in [-0.15, -0.1) is 0 Å². The Bertz CT molecular complexity index is 2190. The van der Waals surface area contributed by atoms with Gasteiger partial charge in [0.1, 0.15) is 5.75 Å². The van der Waals surface area contributed by atoms with Gasteiger partial charge in [0.2, 0.25) is 5.91 Å². The molecule has 3 fully saturated rings. The van der Waals surface area contributed by atoms with Crippen LogP contribution in [0, 0.1) is 17.8 Å². The van der Waals surface area contributed by atoms with Crippen molar-refractivity contribution in [1.82, 2.24) is 30.1 Å². The summed E-state index contributed by atoms with van der Waals surface area (Å²) in [6.07, 6.45) is 9.41. The summed E-state index contributed by atoms with van der Waals surface area (Å²) in [7, 11) is 3.55. The lowest BCUT2D eigenvalue weighted by atomic mass is 9.80. The van der Waals surface area contributed by atoms with E-state index in [9.17, 15) is 19.5 Å². The van der Waals surface area contributed by atoms with Gasteiger partial charge in [0.15, 0.2) is 5.82 Å². The predicted octanol–water partition coefficient (Wildman–Crippen LogP) is 6.52. The van der Waals surface area contributed by atoms with E-state index in [-0.39, 0.29) is 23.3 Å². The third-order valence-corrected chi connectivity index (χ3v) is 13.4. The van der Waals surface area contributed by atoms with Crippen molar-refractivity contribution < 1.29 is 24.2 Å². The van der Waals surface area contributed by atoms with Gasteiger partial charge in [-0.2, -0.15) is 0 Å². The summed E-state index contributed by atoms with van der Waals surface area (Å²) in [5.41, 5.74) is 7.30. The molecule has 1 unspecified atom stereocenters. The van der Waals surface area contributed by atoms with Crippen LogP contribution in [0.5, 0.6) is 5.75 Å². The van der Waals surface area contributed by atoms with Gasteiger partial charge < -0.3 is 30.4 Å². The summed E-state index contributed by atoms with van der Waals surface area (Å²) in [5.74, 6) is 0.300. The number of amides is 2. The Balaban J connectivity index is 0.941. The molecule has 4 N–H and O–H groups in total. The molecule has 294 valence electrons. The molecule has 56 heavy (non-hydrogen) atoms. The van der Waals surface area contributed by atoms with E-state index in [1.807, 2.05) is 61.0 Å². The number of nitrogens with one attached hydrogen (secondary N) is 3. The van der Waals surface area contributed by atoms with Crippen molar-refractivity contribution in [3.63, 3.8) is 0 Å². The first-order valence-corrected chi connectivity index (χ1v) is 20.1. The molecule has 2 aromatic heterocycles. The normalized spacial score (nSPS) is 22.9. The minimum atomic E-state index is -0.617. The maximum Gasteiger partial charge on any atom is 0.309 e. The number of imidazole rings is 1. The summed E-state index contributed by atoms with van der Waals surface area (Å²) >= 11 is 7.12. The number of rotatable bonds is 13. The second kappa shape index (κ2) is 15.3. The lowest BCUT2D eigenvalue weighted by Gasteiger charge is -2.32. The number of nitrogens with zero attached hydrogens (tertiary/aromatic N) is 4. The standard InChI is InChI=1S/C43H50ClN7O5/c1-26-30(31-11-18-46-38(37(31)44)27-7-8-28(35(21-27)56-3)22-45-23-29-9-10-36(52)47-29)5-4-6-32(26)49-40(53)39-48-33-24-51(19-12-34(33)50(39)2)20-17-42-13-15-43(25-42,16-14-42)41(54)55/h4-8,11,18,21,29,45H,9-10,12-17,19-20,22-25H2,1-3H3,(H,47,52)(H,49,53)(H,54,55). The quantitative estimate of drug-likeness (QED) is 0.119. The molecule has 2 bridgehead atoms. The number of carbonyl (C=O) groups excluding carboxylic acids is 2. The summed E-state index contributed by atoms with van der Waals surface area (Å²) < 4.78 is 7.67. The van der Waals surface area contributed by atoms with Gasteiger partial charge in [-0.25, -0.2) is 4.98 Å². The number of anilines is 1. The number of carboxylic acid groups (broad SMARTS) is 1. The third-order valence-electron chi connectivity index (χ3n) is 13.0. The average molecular weight is 780 g/mol. The SMILES string of the molecule is COc1cc(-c2nccc(-c3cccc(NC(=O)c4nc5c(n4C)CCN(CCC46CCC(C(=O)O)(CC4)C6)C5)c3C)c2Cl)ccc1CNCC1CCC(=O)N1. The van der Waals surface area contributed by atoms with E-state index in [0.717, 1.165) is 104 Å². The molecule has 1 saturated heterocycles. The van der Waals surface area contributed by atoms with Gasteiger partial charge in [0, 0.05) is 86.4 Å². The van der Waals surface area contributed by atoms with E-state index in [0.29, 0.717) is 54.0 Å². The highest BCUT2D eigenvalue weighted by Gasteiger charge is 2.57. The van der Waals surface area contributed by atoms with Crippen LogP contribution >= 0.6 is 11.6 Å². The van der Waals surface area contributed by atoms with Crippen LogP contribution in [-0.2, 0) is 36.1 Å². The second-order valence-corrected chi connectivity index (χ2v) is 16.7. The Hall–Kier alpha value is -4.78. The molecule has 0 radical (unpaired) electrons. The first kappa shape index (κ1) is 38.1. The number of hydrogen-bond acceptors (Lipinski definition) is 8. The van der Waals surface area contributed by atoms with E-state index < -0.39 is 11.4 Å². The number of carboxylic acids is 1. The summed E-state index contributed by atoms with van der Waals surface area (Å²) in [5, 5.41) is 19.9. The Morgan fingerprint density at radius 1 is 1.11 bits per heavy atom. The lowest BCUT2D eigenvalue weighted by molar-refractivity contribution is -0.148. The van der Waals surface area contributed by atoms with Gasteiger partial charge >= 0.3 is 5.97 Å². The number of carbonyl (C=O) groups is 3. The maximum atomic E-state index is 13.8. The second-order valence-electron chi connectivity index (χ2n) is 16.3. The number of pyridine rings is 1. The molecular weight excluding hydrogens is 730 g/mol.